The molecule has 0 unspecified atom stereocenters. The van der Waals surface area contributed by atoms with E-state index >= 15 is 0 Å². The van der Waals surface area contributed by atoms with Crippen molar-refractivity contribution in [2.45, 2.75) is 6.54 Å². The second kappa shape index (κ2) is 4.30. The van der Waals surface area contributed by atoms with E-state index in [2.05, 4.69) is 22.9 Å². The smallest absolute Gasteiger partial charge is 0.0507 e. The van der Waals surface area contributed by atoms with E-state index in [0.29, 0.717) is 0 Å². The zero-order chi connectivity index (χ0) is 9.97. The Morgan fingerprint density at radius 3 is 2.71 bits per heavy atom. The Bertz CT molecular complexity index is 314. The summed E-state index contributed by atoms with van der Waals surface area (Å²) < 4.78 is 0. The summed E-state index contributed by atoms with van der Waals surface area (Å²) >= 11 is 6.10. The maximum Gasteiger partial charge on any atom is 0.0507 e. The van der Waals surface area contributed by atoms with Gasteiger partial charge in [-0.05, 0) is 18.7 Å². The van der Waals surface area contributed by atoms with Crippen LogP contribution in [0.3, 0.4) is 0 Å². The highest BCUT2D eigenvalue weighted by molar-refractivity contribution is 6.31. The molecule has 3 heteroatoms. The molecule has 0 aliphatic carbocycles. The number of halogens is 1. The molecule has 0 bridgehead atoms. The maximum absolute atomic E-state index is 6.10. The molecule has 1 aromatic rings. The average molecular weight is 211 g/mol. The van der Waals surface area contributed by atoms with Gasteiger partial charge in [0.15, 0.2) is 0 Å². The van der Waals surface area contributed by atoms with Gasteiger partial charge in [-0.15, -0.1) is 0 Å². The monoisotopic (exact) mass is 210 g/mol. The van der Waals surface area contributed by atoms with E-state index in [9.17, 15) is 0 Å². The van der Waals surface area contributed by atoms with E-state index in [1.54, 1.807) is 0 Å². The maximum atomic E-state index is 6.10. The van der Waals surface area contributed by atoms with Gasteiger partial charge in [0.25, 0.3) is 0 Å². The molecule has 0 atom stereocenters. The third-order valence-electron chi connectivity index (χ3n) is 2.59. The van der Waals surface area contributed by atoms with Gasteiger partial charge in [0.2, 0.25) is 0 Å². The first-order valence-electron chi connectivity index (χ1n) is 4.90. The summed E-state index contributed by atoms with van der Waals surface area (Å²) in [6.45, 7) is 4.31. The molecule has 0 saturated carbocycles. The van der Waals surface area contributed by atoms with Crippen LogP contribution in [0.4, 0.5) is 0 Å². The Labute approximate surface area is 90.1 Å². The highest BCUT2D eigenvalue weighted by Gasteiger charge is 2.16. The van der Waals surface area contributed by atoms with Crippen LogP contribution in [0.2, 0.25) is 5.02 Å². The summed E-state index contributed by atoms with van der Waals surface area (Å²) in [4.78, 5) is 4.72. The second-order valence-corrected chi connectivity index (χ2v) is 4.27. The van der Waals surface area contributed by atoms with E-state index < -0.39 is 0 Å². The molecule has 2 rings (SSSR count). The predicted octanol–water partition coefficient (Wildman–Crippen LogP) is 2.04. The van der Waals surface area contributed by atoms with E-state index in [-0.39, 0.29) is 0 Å². The number of likely N-dealkylation sites (N-methyl/N-ethyl adjacent to an activating group) is 1. The van der Waals surface area contributed by atoms with Crippen LogP contribution in [0, 0.1) is 0 Å². The lowest BCUT2D eigenvalue weighted by atomic mass is 10.2. The molecule has 0 spiro atoms. The normalized spacial score (nSPS) is 19.0. The van der Waals surface area contributed by atoms with Gasteiger partial charge in [0.05, 0.1) is 6.67 Å². The third kappa shape index (κ3) is 2.27. The SMILES string of the molecule is CN1CCN(Cc2ccccc2Cl)C1. The van der Waals surface area contributed by atoms with E-state index in [4.69, 9.17) is 11.6 Å². The standard InChI is InChI=1S/C11H15ClN2/c1-13-6-7-14(9-13)8-10-4-2-3-5-11(10)12/h2-5H,6-9H2,1H3. The topological polar surface area (TPSA) is 6.48 Å². The fourth-order valence-electron chi connectivity index (χ4n) is 1.79. The highest BCUT2D eigenvalue weighted by Crippen LogP contribution is 2.18. The lowest BCUT2D eigenvalue weighted by molar-refractivity contribution is 0.268. The second-order valence-electron chi connectivity index (χ2n) is 3.87. The number of rotatable bonds is 2. The highest BCUT2D eigenvalue weighted by atomic mass is 35.5. The molecule has 1 fully saturated rings. The summed E-state index contributed by atoms with van der Waals surface area (Å²) in [6.07, 6.45) is 0. The molecule has 2 nitrogen and oxygen atoms in total. The van der Waals surface area contributed by atoms with Gasteiger partial charge >= 0.3 is 0 Å². The first-order chi connectivity index (χ1) is 6.75. The van der Waals surface area contributed by atoms with Gasteiger partial charge in [-0.2, -0.15) is 0 Å². The minimum Gasteiger partial charge on any atom is -0.292 e. The molecule has 0 N–H and O–H groups in total. The molecule has 0 radical (unpaired) electrons. The molecular weight excluding hydrogens is 196 g/mol. The number of hydrogen-bond acceptors (Lipinski definition) is 2. The van der Waals surface area contributed by atoms with Crippen LogP contribution < -0.4 is 0 Å². The summed E-state index contributed by atoms with van der Waals surface area (Å²) in [5.74, 6) is 0. The van der Waals surface area contributed by atoms with Crippen molar-refractivity contribution in [3.8, 4) is 0 Å². The van der Waals surface area contributed by atoms with Crippen molar-refractivity contribution in [2.75, 3.05) is 26.8 Å². The van der Waals surface area contributed by atoms with Crippen LogP contribution in [-0.2, 0) is 6.54 Å². The van der Waals surface area contributed by atoms with Crippen LogP contribution >= 0.6 is 11.6 Å². The first-order valence-corrected chi connectivity index (χ1v) is 5.28. The lowest BCUT2D eigenvalue weighted by Gasteiger charge is -2.15. The first kappa shape index (κ1) is 9.97. The summed E-state index contributed by atoms with van der Waals surface area (Å²) in [5.41, 5.74) is 1.23. The van der Waals surface area contributed by atoms with Crippen molar-refractivity contribution < 1.29 is 0 Å². The van der Waals surface area contributed by atoms with Crippen molar-refractivity contribution in [1.29, 1.82) is 0 Å². The fraction of sp³-hybridized carbons (Fsp3) is 0.455. The number of benzene rings is 1. The summed E-state index contributed by atoms with van der Waals surface area (Å²) in [7, 11) is 2.15. The van der Waals surface area contributed by atoms with Crippen molar-refractivity contribution in [2.24, 2.45) is 0 Å². The lowest BCUT2D eigenvalue weighted by Crippen LogP contribution is -2.22. The molecule has 76 valence electrons. The molecule has 1 aliphatic rings. The third-order valence-corrected chi connectivity index (χ3v) is 2.96. The van der Waals surface area contributed by atoms with Gasteiger partial charge in [0.1, 0.15) is 0 Å². The van der Waals surface area contributed by atoms with Crippen LogP contribution in [-0.4, -0.2) is 36.6 Å². The molecule has 1 heterocycles. The van der Waals surface area contributed by atoms with Crippen LogP contribution in [0.25, 0.3) is 0 Å². The fourth-order valence-corrected chi connectivity index (χ4v) is 1.99. The molecule has 0 aromatic heterocycles. The molecule has 1 aromatic carbocycles. The Morgan fingerprint density at radius 2 is 2.07 bits per heavy atom. The minimum atomic E-state index is 0.877. The van der Waals surface area contributed by atoms with Gasteiger partial charge in [-0.3, -0.25) is 9.80 Å². The minimum absolute atomic E-state index is 0.877. The van der Waals surface area contributed by atoms with Crippen LogP contribution in [0.5, 0.6) is 0 Å². The zero-order valence-corrected chi connectivity index (χ0v) is 9.17. The van der Waals surface area contributed by atoms with E-state index in [1.807, 2.05) is 18.2 Å². The van der Waals surface area contributed by atoms with Crippen molar-refractivity contribution in [3.63, 3.8) is 0 Å². The zero-order valence-electron chi connectivity index (χ0n) is 8.41. The van der Waals surface area contributed by atoms with Gasteiger partial charge in [-0.1, -0.05) is 29.8 Å². The van der Waals surface area contributed by atoms with E-state index in [1.165, 1.54) is 5.56 Å². The van der Waals surface area contributed by atoms with Crippen molar-refractivity contribution in [3.05, 3.63) is 34.9 Å². The van der Waals surface area contributed by atoms with Crippen LogP contribution in [0.15, 0.2) is 24.3 Å². The largest absolute Gasteiger partial charge is 0.292 e. The molecule has 1 saturated heterocycles. The molecule has 0 amide bonds. The van der Waals surface area contributed by atoms with Gasteiger partial charge in [0, 0.05) is 24.7 Å². The van der Waals surface area contributed by atoms with Gasteiger partial charge < -0.3 is 0 Å². The number of nitrogens with zero attached hydrogens (tertiary/aromatic N) is 2. The quantitative estimate of drug-likeness (QED) is 0.737. The number of hydrogen-bond donors (Lipinski definition) is 0. The van der Waals surface area contributed by atoms with Crippen molar-refractivity contribution in [1.82, 2.24) is 9.80 Å². The molecule has 1 aliphatic heterocycles. The van der Waals surface area contributed by atoms with Crippen LogP contribution in [0.1, 0.15) is 5.56 Å². The molecular formula is C11H15ClN2. The average Bonchev–Trinajstić information content (AvgIpc) is 2.56. The Kier molecular flexibility index (Phi) is 3.06. The predicted molar refractivity (Wildman–Crippen MR) is 59.4 cm³/mol. The van der Waals surface area contributed by atoms with Crippen molar-refractivity contribution >= 4 is 11.6 Å². The Hall–Kier alpha value is -0.570. The summed E-state index contributed by atoms with van der Waals surface area (Å²) in [5, 5.41) is 0.877. The Balaban J connectivity index is 2.01. The van der Waals surface area contributed by atoms with Gasteiger partial charge in [-0.25, -0.2) is 0 Å². The summed E-state index contributed by atoms with van der Waals surface area (Å²) in [6, 6.07) is 8.07. The molecule has 14 heavy (non-hydrogen) atoms. The Morgan fingerprint density at radius 1 is 1.29 bits per heavy atom. The van der Waals surface area contributed by atoms with E-state index in [0.717, 1.165) is 31.3 Å².